The molecule has 0 atom stereocenters. The van der Waals surface area contributed by atoms with Gasteiger partial charge < -0.3 is 10.1 Å². The SMILES string of the molecule is CNCC(C)(C)COC1CCC1. The van der Waals surface area contributed by atoms with Crippen molar-refractivity contribution in [1.82, 2.24) is 5.32 Å². The van der Waals surface area contributed by atoms with Crippen LogP contribution in [-0.2, 0) is 4.74 Å². The average Bonchev–Trinajstić information content (AvgIpc) is 1.82. The molecular formula is C10H21NO. The van der Waals surface area contributed by atoms with E-state index >= 15 is 0 Å². The monoisotopic (exact) mass is 171 g/mol. The lowest BCUT2D eigenvalue weighted by molar-refractivity contribution is -0.0347. The first-order chi connectivity index (χ1) is 5.64. The van der Waals surface area contributed by atoms with Crippen LogP contribution in [0, 0.1) is 5.41 Å². The summed E-state index contributed by atoms with van der Waals surface area (Å²) in [6.07, 6.45) is 4.48. The zero-order valence-corrected chi connectivity index (χ0v) is 8.52. The predicted octanol–water partition coefficient (Wildman–Crippen LogP) is 1.80. The molecule has 0 radical (unpaired) electrons. The van der Waals surface area contributed by atoms with Gasteiger partial charge in [-0.3, -0.25) is 0 Å². The van der Waals surface area contributed by atoms with Crippen molar-refractivity contribution in [1.29, 1.82) is 0 Å². The number of rotatable bonds is 5. The first-order valence-electron chi connectivity index (χ1n) is 4.90. The Labute approximate surface area is 75.7 Å². The molecule has 1 fully saturated rings. The van der Waals surface area contributed by atoms with Crippen LogP contribution in [0.1, 0.15) is 33.1 Å². The fourth-order valence-electron chi connectivity index (χ4n) is 1.41. The second kappa shape index (κ2) is 4.24. The van der Waals surface area contributed by atoms with E-state index in [1.165, 1.54) is 19.3 Å². The molecule has 0 heterocycles. The molecule has 0 saturated heterocycles. The molecule has 1 aliphatic rings. The van der Waals surface area contributed by atoms with E-state index in [0.29, 0.717) is 6.10 Å². The quantitative estimate of drug-likeness (QED) is 0.681. The van der Waals surface area contributed by atoms with Gasteiger partial charge in [0.25, 0.3) is 0 Å². The molecule has 1 aliphatic carbocycles. The largest absolute Gasteiger partial charge is 0.378 e. The third kappa shape index (κ3) is 3.11. The Balaban J connectivity index is 2.10. The lowest BCUT2D eigenvalue weighted by Gasteiger charge is -2.31. The van der Waals surface area contributed by atoms with Gasteiger partial charge in [-0.1, -0.05) is 13.8 Å². The van der Waals surface area contributed by atoms with Crippen LogP contribution in [0.5, 0.6) is 0 Å². The van der Waals surface area contributed by atoms with E-state index in [0.717, 1.165) is 13.2 Å². The number of nitrogens with one attached hydrogen (secondary N) is 1. The van der Waals surface area contributed by atoms with E-state index in [9.17, 15) is 0 Å². The molecule has 1 saturated carbocycles. The normalized spacial score (nSPS) is 19.2. The molecule has 0 aliphatic heterocycles. The summed E-state index contributed by atoms with van der Waals surface area (Å²) in [5, 5.41) is 3.19. The second-order valence-corrected chi connectivity index (χ2v) is 4.56. The Morgan fingerprint density at radius 2 is 2.08 bits per heavy atom. The minimum atomic E-state index is 0.282. The highest BCUT2D eigenvalue weighted by Gasteiger charge is 2.23. The van der Waals surface area contributed by atoms with Crippen LogP contribution in [0.3, 0.4) is 0 Å². The molecule has 0 aromatic heterocycles. The van der Waals surface area contributed by atoms with Crippen LogP contribution in [0.4, 0.5) is 0 Å². The molecule has 0 unspecified atom stereocenters. The molecular weight excluding hydrogens is 150 g/mol. The van der Waals surface area contributed by atoms with Crippen LogP contribution in [-0.4, -0.2) is 26.3 Å². The number of hydrogen-bond donors (Lipinski definition) is 1. The van der Waals surface area contributed by atoms with Crippen LogP contribution in [0.2, 0.25) is 0 Å². The molecule has 12 heavy (non-hydrogen) atoms. The summed E-state index contributed by atoms with van der Waals surface area (Å²) in [7, 11) is 1.99. The lowest BCUT2D eigenvalue weighted by atomic mass is 9.93. The van der Waals surface area contributed by atoms with Gasteiger partial charge in [-0.25, -0.2) is 0 Å². The highest BCUT2D eigenvalue weighted by molar-refractivity contribution is 4.74. The second-order valence-electron chi connectivity index (χ2n) is 4.56. The maximum atomic E-state index is 5.76. The highest BCUT2D eigenvalue weighted by Crippen LogP contribution is 2.24. The fourth-order valence-corrected chi connectivity index (χ4v) is 1.41. The van der Waals surface area contributed by atoms with Crippen molar-refractivity contribution in [3.05, 3.63) is 0 Å². The zero-order chi connectivity index (χ0) is 9.03. The molecule has 0 spiro atoms. The molecule has 1 N–H and O–H groups in total. The molecule has 0 amide bonds. The standard InChI is InChI=1S/C10H21NO/c1-10(2,7-11-3)8-12-9-5-4-6-9/h9,11H,4-8H2,1-3H3. The van der Waals surface area contributed by atoms with E-state index in [1.807, 2.05) is 7.05 Å². The van der Waals surface area contributed by atoms with E-state index in [1.54, 1.807) is 0 Å². The van der Waals surface area contributed by atoms with Crippen molar-refractivity contribution in [2.45, 2.75) is 39.2 Å². The molecule has 2 nitrogen and oxygen atoms in total. The number of ether oxygens (including phenoxy) is 1. The Hall–Kier alpha value is -0.0800. The van der Waals surface area contributed by atoms with Gasteiger partial charge in [-0.15, -0.1) is 0 Å². The van der Waals surface area contributed by atoms with Crippen molar-refractivity contribution in [2.24, 2.45) is 5.41 Å². The summed E-state index contributed by atoms with van der Waals surface area (Å²) in [4.78, 5) is 0. The Kier molecular flexibility index (Phi) is 3.53. The van der Waals surface area contributed by atoms with Gasteiger partial charge in [0.1, 0.15) is 0 Å². The summed E-state index contributed by atoms with van der Waals surface area (Å²) in [6.45, 7) is 6.39. The number of hydrogen-bond acceptors (Lipinski definition) is 2. The van der Waals surface area contributed by atoms with Crippen LogP contribution in [0.15, 0.2) is 0 Å². The summed E-state index contributed by atoms with van der Waals surface area (Å²) < 4.78 is 5.76. The summed E-state index contributed by atoms with van der Waals surface area (Å²) in [5.74, 6) is 0. The third-order valence-corrected chi connectivity index (χ3v) is 2.42. The maximum absolute atomic E-state index is 5.76. The molecule has 1 rings (SSSR count). The smallest absolute Gasteiger partial charge is 0.0575 e. The van der Waals surface area contributed by atoms with Crippen molar-refractivity contribution >= 4 is 0 Å². The summed E-state index contributed by atoms with van der Waals surface area (Å²) in [6, 6.07) is 0. The Morgan fingerprint density at radius 1 is 1.42 bits per heavy atom. The van der Waals surface area contributed by atoms with Gasteiger partial charge in [0, 0.05) is 12.0 Å². The third-order valence-electron chi connectivity index (χ3n) is 2.42. The minimum Gasteiger partial charge on any atom is -0.378 e. The summed E-state index contributed by atoms with van der Waals surface area (Å²) in [5.41, 5.74) is 0.282. The molecule has 72 valence electrons. The van der Waals surface area contributed by atoms with Gasteiger partial charge in [0.05, 0.1) is 12.7 Å². The molecule has 0 bridgehead atoms. The maximum Gasteiger partial charge on any atom is 0.0575 e. The molecule has 2 heteroatoms. The van der Waals surface area contributed by atoms with Gasteiger partial charge in [0.15, 0.2) is 0 Å². The first kappa shape index (κ1) is 10.0. The van der Waals surface area contributed by atoms with Gasteiger partial charge >= 0.3 is 0 Å². The average molecular weight is 171 g/mol. The zero-order valence-electron chi connectivity index (χ0n) is 8.52. The van der Waals surface area contributed by atoms with E-state index < -0.39 is 0 Å². The van der Waals surface area contributed by atoms with Crippen LogP contribution < -0.4 is 5.32 Å². The Morgan fingerprint density at radius 3 is 2.50 bits per heavy atom. The van der Waals surface area contributed by atoms with Gasteiger partial charge in [-0.05, 0) is 26.3 Å². The summed E-state index contributed by atoms with van der Waals surface area (Å²) >= 11 is 0. The topological polar surface area (TPSA) is 21.3 Å². The van der Waals surface area contributed by atoms with E-state index in [-0.39, 0.29) is 5.41 Å². The molecule has 0 aromatic rings. The van der Waals surface area contributed by atoms with E-state index in [4.69, 9.17) is 4.74 Å². The van der Waals surface area contributed by atoms with Crippen molar-refractivity contribution in [2.75, 3.05) is 20.2 Å². The van der Waals surface area contributed by atoms with Gasteiger partial charge in [0.2, 0.25) is 0 Å². The predicted molar refractivity (Wildman–Crippen MR) is 51.3 cm³/mol. The molecule has 0 aromatic carbocycles. The minimum absolute atomic E-state index is 0.282. The van der Waals surface area contributed by atoms with Gasteiger partial charge in [-0.2, -0.15) is 0 Å². The fraction of sp³-hybridized carbons (Fsp3) is 1.00. The van der Waals surface area contributed by atoms with Crippen molar-refractivity contribution < 1.29 is 4.74 Å². The van der Waals surface area contributed by atoms with Crippen molar-refractivity contribution in [3.8, 4) is 0 Å². The Bertz CT molecular complexity index is 130. The first-order valence-corrected chi connectivity index (χ1v) is 4.90. The van der Waals surface area contributed by atoms with Crippen LogP contribution >= 0.6 is 0 Å². The highest BCUT2D eigenvalue weighted by atomic mass is 16.5. The lowest BCUT2D eigenvalue weighted by Crippen LogP contribution is -2.34. The van der Waals surface area contributed by atoms with Crippen molar-refractivity contribution in [3.63, 3.8) is 0 Å². The van der Waals surface area contributed by atoms with E-state index in [2.05, 4.69) is 19.2 Å². The van der Waals surface area contributed by atoms with Crippen LogP contribution in [0.25, 0.3) is 0 Å².